The van der Waals surface area contributed by atoms with E-state index in [0.717, 1.165) is 13.5 Å². The van der Waals surface area contributed by atoms with E-state index in [1.807, 2.05) is 6.20 Å². The predicted molar refractivity (Wildman–Crippen MR) is 68.6 cm³/mol. The summed E-state index contributed by atoms with van der Waals surface area (Å²) in [5.41, 5.74) is 3.81. The molecule has 92 valence electrons. The van der Waals surface area contributed by atoms with E-state index in [9.17, 15) is 0 Å². The zero-order valence-electron chi connectivity index (χ0n) is 10.1. The fourth-order valence-corrected chi connectivity index (χ4v) is 1.90. The molecule has 1 aromatic carbocycles. The maximum Gasteiger partial charge on any atom is 0.190 e. The smallest absolute Gasteiger partial charge is 0.190 e. The molecule has 2 aliphatic rings. The molecule has 0 spiro atoms. The standard InChI is InChI=1S/C12H10N2.C2H4O2/c1-2-4-12-10(3-1)5-6-11-9-13-7-8-14(11)12;1-2(3)4/h1-7,9H,8H2;1H3,(H,3,4). The predicted octanol–water partition coefficient (Wildman–Crippen LogP) is -0.718. The highest BCUT2D eigenvalue weighted by atomic mass is 16.4. The number of nitrogens with zero attached hydrogens (tertiary/aromatic N) is 1. The topological polar surface area (TPSA) is 57.3 Å². The van der Waals surface area contributed by atoms with Gasteiger partial charge in [-0.05, 0) is 24.6 Å². The molecule has 0 aliphatic carbocycles. The van der Waals surface area contributed by atoms with Crippen LogP contribution in [0.5, 0.6) is 0 Å². The molecule has 1 aromatic rings. The Bertz CT molecular complexity index is 540. The number of aliphatic carboxylic acids is 1. The fourth-order valence-electron chi connectivity index (χ4n) is 1.90. The molecule has 0 aromatic heterocycles. The number of benzene rings is 1. The van der Waals surface area contributed by atoms with Crippen molar-refractivity contribution in [3.05, 3.63) is 47.8 Å². The minimum absolute atomic E-state index is 0.924. The Labute approximate surface area is 106 Å². The van der Waals surface area contributed by atoms with E-state index in [1.54, 1.807) is 0 Å². The van der Waals surface area contributed by atoms with Gasteiger partial charge in [0.15, 0.2) is 12.4 Å². The first-order valence-electron chi connectivity index (χ1n) is 5.68. The SMILES string of the molecule is C1=Cc2ccccc2N2CC=[NH+]C=C12.CC(=O)[O-]. The van der Waals surface area contributed by atoms with E-state index in [0.29, 0.717) is 0 Å². The normalized spacial score (nSPS) is 14.9. The molecule has 0 radical (unpaired) electrons. The van der Waals surface area contributed by atoms with E-state index in [-0.39, 0.29) is 0 Å². The summed E-state index contributed by atoms with van der Waals surface area (Å²) in [6, 6.07) is 8.46. The number of carbonyl (C=O) groups is 1. The first-order chi connectivity index (χ1) is 8.68. The summed E-state index contributed by atoms with van der Waals surface area (Å²) in [4.78, 5) is 14.3. The summed E-state index contributed by atoms with van der Waals surface area (Å²) in [7, 11) is 0. The Balaban J connectivity index is 0.000000267. The number of carbonyl (C=O) groups excluding carboxylic acids is 1. The Morgan fingerprint density at radius 2 is 2.06 bits per heavy atom. The third-order valence-electron chi connectivity index (χ3n) is 2.60. The van der Waals surface area contributed by atoms with Gasteiger partial charge in [-0.2, -0.15) is 0 Å². The highest BCUT2D eigenvalue weighted by Crippen LogP contribution is 2.29. The summed E-state index contributed by atoms with van der Waals surface area (Å²) >= 11 is 0. The van der Waals surface area contributed by atoms with Crippen molar-refractivity contribution >= 4 is 23.9 Å². The molecule has 18 heavy (non-hydrogen) atoms. The highest BCUT2D eigenvalue weighted by molar-refractivity contribution is 5.79. The first kappa shape index (κ1) is 12.1. The van der Waals surface area contributed by atoms with Crippen molar-refractivity contribution in [2.24, 2.45) is 0 Å². The molecule has 0 atom stereocenters. The first-order valence-corrected chi connectivity index (χ1v) is 5.68. The van der Waals surface area contributed by atoms with Gasteiger partial charge >= 0.3 is 0 Å². The molecule has 0 unspecified atom stereocenters. The number of carboxylic acid groups (broad SMARTS) is 1. The van der Waals surface area contributed by atoms with Gasteiger partial charge in [0.1, 0.15) is 12.2 Å². The average molecular weight is 242 g/mol. The van der Waals surface area contributed by atoms with Gasteiger partial charge in [0.2, 0.25) is 0 Å². The second-order valence-corrected chi connectivity index (χ2v) is 3.93. The summed E-state index contributed by atoms with van der Waals surface area (Å²) < 4.78 is 0. The van der Waals surface area contributed by atoms with E-state index in [1.165, 1.54) is 16.9 Å². The molecule has 0 bridgehead atoms. The Kier molecular flexibility index (Phi) is 3.57. The number of hydrogen-bond donors (Lipinski definition) is 1. The molecule has 0 saturated heterocycles. The molecule has 0 amide bonds. The molecule has 0 fully saturated rings. The molecule has 1 N–H and O–H groups in total. The van der Waals surface area contributed by atoms with E-state index >= 15 is 0 Å². The third-order valence-corrected chi connectivity index (χ3v) is 2.60. The van der Waals surface area contributed by atoms with Crippen LogP contribution in [0.2, 0.25) is 0 Å². The summed E-state index contributed by atoms with van der Waals surface area (Å²) in [6.45, 7) is 1.90. The number of nitrogens with one attached hydrogen (secondary N) is 1. The van der Waals surface area contributed by atoms with Crippen molar-refractivity contribution in [2.45, 2.75) is 6.92 Å². The summed E-state index contributed by atoms with van der Waals surface area (Å²) in [6.07, 6.45) is 8.38. The molecular formula is C14H14N2O2. The van der Waals surface area contributed by atoms with Crippen LogP contribution in [0.1, 0.15) is 12.5 Å². The Morgan fingerprint density at radius 3 is 2.83 bits per heavy atom. The van der Waals surface area contributed by atoms with Crippen LogP contribution in [0, 0.1) is 0 Å². The lowest BCUT2D eigenvalue weighted by molar-refractivity contribution is -0.370. The number of anilines is 1. The van der Waals surface area contributed by atoms with Crippen LogP contribution in [-0.4, -0.2) is 18.7 Å². The maximum absolute atomic E-state index is 8.89. The summed E-state index contributed by atoms with van der Waals surface area (Å²) in [5.74, 6) is -1.08. The van der Waals surface area contributed by atoms with Crippen LogP contribution in [0.3, 0.4) is 0 Å². The van der Waals surface area contributed by atoms with Crippen LogP contribution in [-0.2, 0) is 4.79 Å². The second-order valence-electron chi connectivity index (χ2n) is 3.93. The van der Waals surface area contributed by atoms with Crippen LogP contribution < -0.4 is 15.0 Å². The largest absolute Gasteiger partial charge is 0.550 e. The van der Waals surface area contributed by atoms with Crippen molar-refractivity contribution < 1.29 is 14.9 Å². The number of allylic oxidation sites excluding steroid dienone is 1. The number of carboxylic acids is 1. The molecule has 2 heterocycles. The Morgan fingerprint density at radius 1 is 1.33 bits per heavy atom. The third kappa shape index (κ3) is 2.66. The molecule has 0 saturated carbocycles. The van der Waals surface area contributed by atoms with Gasteiger partial charge in [-0.3, -0.25) is 0 Å². The highest BCUT2D eigenvalue weighted by Gasteiger charge is 2.19. The quantitative estimate of drug-likeness (QED) is 0.653. The monoisotopic (exact) mass is 242 g/mol. The molecule has 4 nitrogen and oxygen atoms in total. The number of rotatable bonds is 0. The Hall–Kier alpha value is -2.36. The number of fused-ring (bicyclic) bond motifs is 3. The minimum Gasteiger partial charge on any atom is -0.550 e. The van der Waals surface area contributed by atoms with Crippen molar-refractivity contribution in [3.8, 4) is 0 Å². The van der Waals surface area contributed by atoms with Gasteiger partial charge < -0.3 is 14.8 Å². The van der Waals surface area contributed by atoms with Gasteiger partial charge in [-0.1, -0.05) is 24.3 Å². The van der Waals surface area contributed by atoms with Gasteiger partial charge in [0, 0.05) is 11.7 Å². The van der Waals surface area contributed by atoms with Crippen molar-refractivity contribution in [3.63, 3.8) is 0 Å². The van der Waals surface area contributed by atoms with Crippen LogP contribution in [0.25, 0.3) is 6.08 Å². The zero-order chi connectivity index (χ0) is 13.0. The van der Waals surface area contributed by atoms with Gasteiger partial charge in [-0.15, -0.1) is 0 Å². The van der Waals surface area contributed by atoms with E-state index in [2.05, 4.69) is 52.5 Å². The number of hydrogen-bond acceptors (Lipinski definition) is 3. The van der Waals surface area contributed by atoms with E-state index < -0.39 is 5.97 Å². The lowest BCUT2D eigenvalue weighted by Crippen LogP contribution is -2.66. The second kappa shape index (κ2) is 5.31. The molecular weight excluding hydrogens is 228 g/mol. The fraction of sp³-hybridized carbons (Fsp3) is 0.143. The van der Waals surface area contributed by atoms with Gasteiger partial charge in [0.25, 0.3) is 0 Å². The van der Waals surface area contributed by atoms with Crippen LogP contribution >= 0.6 is 0 Å². The summed E-state index contributed by atoms with van der Waals surface area (Å²) in [5, 5.41) is 8.89. The van der Waals surface area contributed by atoms with E-state index in [4.69, 9.17) is 9.90 Å². The van der Waals surface area contributed by atoms with Crippen LogP contribution in [0.15, 0.2) is 42.2 Å². The van der Waals surface area contributed by atoms with Crippen LogP contribution in [0.4, 0.5) is 5.69 Å². The van der Waals surface area contributed by atoms with Crippen molar-refractivity contribution in [1.29, 1.82) is 0 Å². The molecule has 3 rings (SSSR count). The lowest BCUT2D eigenvalue weighted by Gasteiger charge is -2.27. The van der Waals surface area contributed by atoms with Gasteiger partial charge in [0.05, 0.1) is 0 Å². The van der Waals surface area contributed by atoms with Gasteiger partial charge in [-0.25, -0.2) is 4.99 Å². The minimum atomic E-state index is -1.08. The zero-order valence-corrected chi connectivity index (χ0v) is 10.1. The number of para-hydroxylation sites is 1. The molecule has 2 aliphatic heterocycles. The van der Waals surface area contributed by atoms with Crippen molar-refractivity contribution in [1.82, 2.24) is 0 Å². The maximum atomic E-state index is 8.89. The molecule has 4 heteroatoms. The lowest BCUT2D eigenvalue weighted by atomic mass is 10.1. The van der Waals surface area contributed by atoms with Crippen molar-refractivity contribution in [2.75, 3.05) is 11.4 Å². The average Bonchev–Trinajstić information content (AvgIpc) is 2.38.